The van der Waals surface area contributed by atoms with Crippen LogP contribution in [0.2, 0.25) is 0 Å². The molecule has 0 amide bonds. The van der Waals surface area contributed by atoms with Crippen LogP contribution in [0.3, 0.4) is 0 Å². The Hall–Kier alpha value is -0.160. The third-order valence-corrected chi connectivity index (χ3v) is 1.30. The van der Waals surface area contributed by atoms with Crippen molar-refractivity contribution in [1.29, 1.82) is 0 Å². The monoisotopic (exact) mass is 133 g/mol. The van der Waals surface area contributed by atoms with E-state index in [1.54, 1.807) is 0 Å². The Morgan fingerprint density at radius 3 is 2.33 bits per heavy atom. The molecule has 0 saturated carbocycles. The maximum atomic E-state index is 8.89. The van der Waals surface area contributed by atoms with Gasteiger partial charge in [0.1, 0.15) is 24.9 Å². The molecule has 1 saturated heterocycles. The topological polar surface area (TPSA) is 69.9 Å². The second-order valence-corrected chi connectivity index (χ2v) is 1.97. The third kappa shape index (κ3) is 1.21. The van der Waals surface area contributed by atoms with E-state index in [0.717, 1.165) is 6.61 Å². The van der Waals surface area contributed by atoms with Gasteiger partial charge in [-0.3, -0.25) is 0 Å². The SMILES string of the molecule is OC[C@@H]1O[CH][C@H](O)[C@H]1O. The van der Waals surface area contributed by atoms with Gasteiger partial charge >= 0.3 is 0 Å². The van der Waals surface area contributed by atoms with Crippen LogP contribution < -0.4 is 0 Å². The van der Waals surface area contributed by atoms with E-state index < -0.39 is 18.3 Å². The minimum Gasteiger partial charge on any atom is -0.394 e. The smallest absolute Gasteiger partial charge is 0.115 e. The Bertz CT molecular complexity index is 95.0. The summed E-state index contributed by atoms with van der Waals surface area (Å²) in [7, 11) is 0. The molecule has 3 atom stereocenters. The van der Waals surface area contributed by atoms with Crippen LogP contribution in [0, 0.1) is 6.61 Å². The highest BCUT2D eigenvalue weighted by molar-refractivity contribution is 4.89. The Morgan fingerprint density at radius 2 is 2.11 bits per heavy atom. The van der Waals surface area contributed by atoms with Crippen molar-refractivity contribution in [2.45, 2.75) is 18.3 Å². The van der Waals surface area contributed by atoms with E-state index in [-0.39, 0.29) is 6.61 Å². The van der Waals surface area contributed by atoms with Crippen LogP contribution in [0.1, 0.15) is 0 Å². The molecule has 3 N–H and O–H groups in total. The number of rotatable bonds is 1. The summed E-state index contributed by atoms with van der Waals surface area (Å²) in [6.07, 6.45) is -2.59. The summed E-state index contributed by atoms with van der Waals surface area (Å²) in [5.74, 6) is 0. The highest BCUT2D eigenvalue weighted by atomic mass is 16.5. The van der Waals surface area contributed by atoms with Crippen molar-refractivity contribution < 1.29 is 20.1 Å². The fourth-order valence-electron chi connectivity index (χ4n) is 0.713. The summed E-state index contributed by atoms with van der Waals surface area (Å²) in [6, 6.07) is 0. The van der Waals surface area contributed by atoms with E-state index >= 15 is 0 Å². The highest BCUT2D eigenvalue weighted by Crippen LogP contribution is 2.16. The fraction of sp³-hybridized carbons (Fsp3) is 0.800. The number of aliphatic hydroxyl groups is 3. The second kappa shape index (κ2) is 2.62. The largest absolute Gasteiger partial charge is 0.394 e. The van der Waals surface area contributed by atoms with Crippen LogP contribution in [-0.4, -0.2) is 40.2 Å². The van der Waals surface area contributed by atoms with Crippen molar-refractivity contribution in [3.8, 4) is 0 Å². The van der Waals surface area contributed by atoms with Gasteiger partial charge in [0, 0.05) is 0 Å². The van der Waals surface area contributed by atoms with Gasteiger partial charge in [-0.05, 0) is 0 Å². The average molecular weight is 133 g/mol. The van der Waals surface area contributed by atoms with Crippen LogP contribution in [0.25, 0.3) is 0 Å². The van der Waals surface area contributed by atoms with Gasteiger partial charge in [-0.1, -0.05) is 0 Å². The summed E-state index contributed by atoms with van der Waals surface area (Å²) < 4.78 is 4.65. The first-order chi connectivity index (χ1) is 4.25. The minimum atomic E-state index is -0.977. The predicted molar refractivity (Wildman–Crippen MR) is 28.3 cm³/mol. The average Bonchev–Trinajstić information content (AvgIpc) is 2.15. The molecule has 0 aromatic heterocycles. The summed E-state index contributed by atoms with van der Waals surface area (Å²) >= 11 is 0. The van der Waals surface area contributed by atoms with Crippen molar-refractivity contribution in [3.63, 3.8) is 0 Å². The molecule has 4 heteroatoms. The van der Waals surface area contributed by atoms with Crippen LogP contribution in [0.5, 0.6) is 0 Å². The molecule has 1 heterocycles. The molecule has 0 aliphatic carbocycles. The van der Waals surface area contributed by atoms with Crippen LogP contribution in [0.15, 0.2) is 0 Å². The van der Waals surface area contributed by atoms with Crippen LogP contribution in [-0.2, 0) is 4.74 Å². The van der Waals surface area contributed by atoms with Gasteiger partial charge in [-0.15, -0.1) is 0 Å². The molecule has 0 aromatic carbocycles. The van der Waals surface area contributed by atoms with E-state index in [4.69, 9.17) is 15.3 Å². The standard InChI is InChI=1S/C5H9O4/c6-1-4-5(8)3(7)2-9-4/h2-8H,1H2/t3-,4-,5+/m0/s1. The number of ether oxygens (including phenoxy) is 1. The van der Waals surface area contributed by atoms with Gasteiger partial charge in [-0.25, -0.2) is 0 Å². The van der Waals surface area contributed by atoms with Crippen molar-refractivity contribution in [3.05, 3.63) is 6.61 Å². The van der Waals surface area contributed by atoms with Gasteiger partial charge in [0.2, 0.25) is 0 Å². The van der Waals surface area contributed by atoms with E-state index in [1.807, 2.05) is 0 Å². The van der Waals surface area contributed by atoms with Gasteiger partial charge in [0.05, 0.1) is 6.61 Å². The van der Waals surface area contributed by atoms with Gasteiger partial charge in [0.25, 0.3) is 0 Å². The number of hydrogen-bond donors (Lipinski definition) is 3. The van der Waals surface area contributed by atoms with Crippen LogP contribution in [0.4, 0.5) is 0 Å². The Morgan fingerprint density at radius 1 is 1.44 bits per heavy atom. The van der Waals surface area contributed by atoms with Crippen LogP contribution >= 0.6 is 0 Å². The summed E-state index contributed by atoms with van der Waals surface area (Å²) in [4.78, 5) is 0. The van der Waals surface area contributed by atoms with E-state index in [1.165, 1.54) is 0 Å². The maximum absolute atomic E-state index is 8.89. The maximum Gasteiger partial charge on any atom is 0.115 e. The van der Waals surface area contributed by atoms with Crippen molar-refractivity contribution in [1.82, 2.24) is 0 Å². The molecule has 1 aliphatic rings. The molecule has 53 valence electrons. The Balaban J connectivity index is 2.41. The quantitative estimate of drug-likeness (QED) is 0.397. The molecular formula is C5H9O4. The summed E-state index contributed by atoms with van der Waals surface area (Å²) in [6.45, 7) is 0.848. The van der Waals surface area contributed by atoms with Crippen molar-refractivity contribution in [2.75, 3.05) is 6.61 Å². The molecule has 0 spiro atoms. The van der Waals surface area contributed by atoms with Gasteiger partial charge in [0.15, 0.2) is 0 Å². The Labute approximate surface area is 52.7 Å². The molecule has 1 fully saturated rings. The first kappa shape index (κ1) is 6.95. The molecule has 4 nitrogen and oxygen atoms in total. The third-order valence-electron chi connectivity index (χ3n) is 1.30. The summed E-state index contributed by atoms with van der Waals surface area (Å²) in [5, 5.41) is 26.1. The minimum absolute atomic E-state index is 0.269. The molecule has 1 rings (SSSR count). The summed E-state index contributed by atoms with van der Waals surface area (Å²) in [5.41, 5.74) is 0. The van der Waals surface area contributed by atoms with Gasteiger partial charge in [-0.2, -0.15) is 0 Å². The molecule has 1 radical (unpaired) electrons. The molecule has 0 aromatic rings. The van der Waals surface area contributed by atoms with E-state index in [9.17, 15) is 0 Å². The normalized spacial score (nSPS) is 43.7. The zero-order valence-electron chi connectivity index (χ0n) is 4.77. The first-order valence-corrected chi connectivity index (χ1v) is 2.71. The molecular weight excluding hydrogens is 124 g/mol. The molecule has 1 aliphatic heterocycles. The number of hydrogen-bond acceptors (Lipinski definition) is 4. The first-order valence-electron chi connectivity index (χ1n) is 2.71. The zero-order chi connectivity index (χ0) is 6.85. The lowest BCUT2D eigenvalue weighted by atomic mass is 10.2. The lowest BCUT2D eigenvalue weighted by molar-refractivity contribution is -0.00317. The fourth-order valence-corrected chi connectivity index (χ4v) is 0.713. The highest BCUT2D eigenvalue weighted by Gasteiger charge is 2.34. The lowest BCUT2D eigenvalue weighted by Crippen LogP contribution is -2.31. The molecule has 9 heavy (non-hydrogen) atoms. The van der Waals surface area contributed by atoms with Gasteiger partial charge < -0.3 is 20.1 Å². The number of aliphatic hydroxyl groups excluding tert-OH is 3. The van der Waals surface area contributed by atoms with E-state index in [2.05, 4.69) is 4.74 Å². The lowest BCUT2D eigenvalue weighted by Gasteiger charge is -2.10. The Kier molecular flexibility index (Phi) is 2.02. The zero-order valence-corrected chi connectivity index (χ0v) is 4.77. The molecule has 0 unspecified atom stereocenters. The van der Waals surface area contributed by atoms with E-state index in [0.29, 0.717) is 0 Å². The predicted octanol–water partition coefficient (Wildman–Crippen LogP) is -1.74. The van der Waals surface area contributed by atoms with Crippen molar-refractivity contribution >= 4 is 0 Å². The second-order valence-electron chi connectivity index (χ2n) is 1.97. The molecule has 0 bridgehead atoms. The van der Waals surface area contributed by atoms with Crippen molar-refractivity contribution in [2.24, 2.45) is 0 Å².